The van der Waals surface area contributed by atoms with Crippen LogP contribution < -0.4 is 4.74 Å². The highest BCUT2D eigenvalue weighted by Gasteiger charge is 2.09. The molecule has 0 aliphatic heterocycles. The topological polar surface area (TPSA) is 51.1 Å². The van der Waals surface area contributed by atoms with Crippen LogP contribution in [0.3, 0.4) is 0 Å². The molecule has 0 bridgehead atoms. The van der Waals surface area contributed by atoms with Gasteiger partial charge in [-0.2, -0.15) is 15.0 Å². The summed E-state index contributed by atoms with van der Waals surface area (Å²) in [4.78, 5) is 16.1. The molecule has 0 N–H and O–H groups in total. The molecule has 1 rings (SSSR count). The molecular weight excluding hydrogens is 545 g/mol. The maximum atomic E-state index is 5.88. The Kier molecular flexibility index (Phi) is 27.3. The van der Waals surface area contributed by atoms with Crippen LogP contribution in [0.5, 0.6) is 6.01 Å². The average molecular weight is 609 g/mol. The van der Waals surface area contributed by atoms with E-state index in [1.165, 1.54) is 135 Å². The Morgan fingerprint density at radius 2 is 0.976 bits per heavy atom. The zero-order valence-corrected chi connectivity index (χ0v) is 29.0. The van der Waals surface area contributed by atoms with Gasteiger partial charge in [-0.15, -0.1) is 0 Å². The predicted octanol–water partition coefficient (Wildman–Crippen LogP) is 10.8. The lowest BCUT2D eigenvalue weighted by Crippen LogP contribution is -2.20. The van der Waals surface area contributed by atoms with Gasteiger partial charge in [0.1, 0.15) is 6.61 Å². The molecular formula is C34H64N4OS2. The Morgan fingerprint density at radius 1 is 0.561 bits per heavy atom. The van der Waals surface area contributed by atoms with E-state index in [0.717, 1.165) is 28.4 Å². The van der Waals surface area contributed by atoms with Gasteiger partial charge in [-0.05, 0) is 52.6 Å². The summed E-state index contributed by atoms with van der Waals surface area (Å²) in [7, 11) is 4.10. The minimum Gasteiger partial charge on any atom is -0.462 e. The molecule has 0 aliphatic carbocycles. The van der Waals surface area contributed by atoms with Crippen LogP contribution in [0.2, 0.25) is 0 Å². The van der Waals surface area contributed by atoms with Crippen molar-refractivity contribution < 1.29 is 4.74 Å². The predicted molar refractivity (Wildman–Crippen MR) is 183 cm³/mol. The van der Waals surface area contributed by atoms with Crippen molar-refractivity contribution in [2.45, 2.75) is 159 Å². The van der Waals surface area contributed by atoms with Crippen molar-refractivity contribution in [3.63, 3.8) is 0 Å². The normalized spacial score (nSPS) is 11.7. The highest BCUT2D eigenvalue weighted by molar-refractivity contribution is 7.99. The smallest absolute Gasteiger partial charge is 0.321 e. The van der Waals surface area contributed by atoms with Gasteiger partial charge in [0.15, 0.2) is 10.3 Å². The Balaban J connectivity index is 2.20. The molecule has 0 aromatic carbocycles. The number of allylic oxidation sites excluding steroid dienone is 2. The summed E-state index contributed by atoms with van der Waals surface area (Å²) in [6.45, 7) is 6.00. The summed E-state index contributed by atoms with van der Waals surface area (Å²) >= 11 is 3.51. The molecule has 1 aromatic rings. The first kappa shape index (κ1) is 38.2. The second kappa shape index (κ2) is 29.3. The molecule has 0 aliphatic rings. The molecule has 1 heterocycles. The number of likely N-dealkylation sites (N-methyl/N-ethyl adjacent to an activating group) is 1. The average Bonchev–Trinajstić information content (AvgIpc) is 2.96. The molecule has 0 amide bonds. The van der Waals surface area contributed by atoms with Gasteiger partial charge < -0.3 is 9.64 Å². The minimum absolute atomic E-state index is 0.479. The number of thioether (sulfide) groups is 2. The number of hydrogen-bond acceptors (Lipinski definition) is 7. The lowest BCUT2D eigenvalue weighted by molar-refractivity contribution is 0.240. The summed E-state index contributed by atoms with van der Waals surface area (Å²) < 4.78 is 5.88. The van der Waals surface area contributed by atoms with E-state index in [4.69, 9.17) is 9.72 Å². The zero-order chi connectivity index (χ0) is 29.6. The number of nitrogens with zero attached hydrogens (tertiary/aromatic N) is 4. The number of unbranched alkanes of at least 4 members (excludes halogenated alkanes) is 18. The molecule has 1 aromatic heterocycles. The third-order valence-electron chi connectivity index (χ3n) is 7.21. The third-order valence-corrected chi connectivity index (χ3v) is 9.08. The van der Waals surface area contributed by atoms with E-state index < -0.39 is 0 Å². The van der Waals surface area contributed by atoms with Crippen molar-refractivity contribution >= 4 is 23.5 Å². The van der Waals surface area contributed by atoms with Gasteiger partial charge in [0.2, 0.25) is 0 Å². The van der Waals surface area contributed by atoms with E-state index >= 15 is 0 Å². The second-order valence-corrected chi connectivity index (χ2v) is 13.7. The Labute approximate surface area is 263 Å². The van der Waals surface area contributed by atoms with Gasteiger partial charge in [0.25, 0.3) is 0 Å². The molecule has 7 heteroatoms. The van der Waals surface area contributed by atoms with E-state index in [2.05, 4.69) is 55.0 Å². The van der Waals surface area contributed by atoms with Gasteiger partial charge in [-0.3, -0.25) is 0 Å². The summed E-state index contributed by atoms with van der Waals surface area (Å²) in [5, 5.41) is 1.63. The van der Waals surface area contributed by atoms with Crippen molar-refractivity contribution in [2.75, 3.05) is 38.8 Å². The third kappa shape index (κ3) is 25.4. The molecule has 0 fully saturated rings. The maximum Gasteiger partial charge on any atom is 0.321 e. The van der Waals surface area contributed by atoms with E-state index in [1.54, 1.807) is 23.5 Å². The Bertz CT molecular complexity index is 733. The number of hydrogen-bond donors (Lipinski definition) is 0. The van der Waals surface area contributed by atoms with Crippen LogP contribution in [-0.2, 0) is 0 Å². The van der Waals surface area contributed by atoms with Crippen molar-refractivity contribution in [3.8, 4) is 6.01 Å². The fourth-order valence-electron chi connectivity index (χ4n) is 4.57. The lowest BCUT2D eigenvalue weighted by Gasteiger charge is -2.11. The zero-order valence-electron chi connectivity index (χ0n) is 27.3. The van der Waals surface area contributed by atoms with E-state index in [-0.39, 0.29) is 0 Å². The molecule has 0 spiro atoms. The fourth-order valence-corrected chi connectivity index (χ4v) is 6.28. The van der Waals surface area contributed by atoms with Crippen LogP contribution in [0.25, 0.3) is 0 Å². The van der Waals surface area contributed by atoms with Crippen LogP contribution >= 0.6 is 23.5 Å². The molecule has 5 nitrogen and oxygen atoms in total. The fraction of sp³-hybridized carbons (Fsp3) is 0.853. The molecule has 0 unspecified atom stereocenters. The summed E-state index contributed by atoms with van der Waals surface area (Å²) in [5.41, 5.74) is 0. The highest BCUT2D eigenvalue weighted by Crippen LogP contribution is 2.23. The largest absolute Gasteiger partial charge is 0.462 e. The van der Waals surface area contributed by atoms with E-state index in [9.17, 15) is 0 Å². The van der Waals surface area contributed by atoms with Crippen molar-refractivity contribution in [1.29, 1.82) is 0 Å². The molecule has 41 heavy (non-hydrogen) atoms. The van der Waals surface area contributed by atoms with Gasteiger partial charge in [0.05, 0.1) is 0 Å². The quantitative estimate of drug-likeness (QED) is 0.0489. The van der Waals surface area contributed by atoms with Crippen LogP contribution in [0.15, 0.2) is 22.5 Å². The number of ether oxygens (including phenoxy) is 1. The minimum atomic E-state index is 0.479. The standard InChI is InChI=1S/C34H64N4OS2/c1-5-7-9-11-13-14-15-16-17-18-19-20-21-23-25-27-31-41-34-36-32(39-29-28-38(3)4)35-33(37-34)40-30-26-24-22-12-10-8-6-2/h16-17H,5-15,18-31H2,1-4H3/b17-16-. The van der Waals surface area contributed by atoms with Crippen molar-refractivity contribution in [3.05, 3.63) is 12.2 Å². The monoisotopic (exact) mass is 608 g/mol. The lowest BCUT2D eigenvalue weighted by atomic mass is 10.1. The van der Waals surface area contributed by atoms with Gasteiger partial charge >= 0.3 is 6.01 Å². The molecule has 0 saturated carbocycles. The molecule has 0 saturated heterocycles. The van der Waals surface area contributed by atoms with Gasteiger partial charge in [0, 0.05) is 18.1 Å². The summed E-state index contributed by atoms with van der Waals surface area (Å²) in [6, 6.07) is 0.479. The molecule has 0 radical (unpaired) electrons. The second-order valence-electron chi connectivity index (χ2n) is 11.6. The van der Waals surface area contributed by atoms with Gasteiger partial charge in [-0.1, -0.05) is 146 Å². The van der Waals surface area contributed by atoms with E-state index in [1.807, 2.05) is 0 Å². The Morgan fingerprint density at radius 3 is 1.41 bits per heavy atom. The maximum absolute atomic E-state index is 5.88. The summed E-state index contributed by atoms with van der Waals surface area (Å²) in [6.07, 6.45) is 32.9. The van der Waals surface area contributed by atoms with Crippen LogP contribution in [0.4, 0.5) is 0 Å². The highest BCUT2D eigenvalue weighted by atomic mass is 32.2. The molecule has 238 valence electrons. The van der Waals surface area contributed by atoms with Gasteiger partial charge in [-0.25, -0.2) is 0 Å². The Hall–Kier alpha value is -0.790. The van der Waals surface area contributed by atoms with E-state index in [0.29, 0.717) is 12.6 Å². The van der Waals surface area contributed by atoms with Crippen LogP contribution in [-0.4, -0.2) is 58.6 Å². The van der Waals surface area contributed by atoms with Crippen molar-refractivity contribution in [1.82, 2.24) is 19.9 Å². The first-order valence-electron chi connectivity index (χ1n) is 17.1. The SMILES string of the molecule is CCCCCCCC/C=C\CCCCCCCCSc1nc(OCCN(C)C)nc(SCCCCCCCCC)n1. The summed E-state index contributed by atoms with van der Waals surface area (Å²) in [5.74, 6) is 2.12. The first-order chi connectivity index (χ1) is 20.2. The van der Waals surface area contributed by atoms with Crippen molar-refractivity contribution in [2.24, 2.45) is 0 Å². The van der Waals surface area contributed by atoms with Crippen LogP contribution in [0, 0.1) is 0 Å². The molecule has 0 atom stereocenters. The number of rotatable bonds is 30. The first-order valence-corrected chi connectivity index (χ1v) is 19.1. The number of aromatic nitrogens is 3. The van der Waals surface area contributed by atoms with Crippen LogP contribution in [0.1, 0.15) is 149 Å².